The number of amides is 1. The van der Waals surface area contributed by atoms with Crippen molar-refractivity contribution in [2.45, 2.75) is 57.3 Å². The van der Waals surface area contributed by atoms with E-state index in [9.17, 15) is 9.59 Å². The van der Waals surface area contributed by atoms with E-state index in [0.717, 1.165) is 12.8 Å². The molecule has 0 saturated carbocycles. The van der Waals surface area contributed by atoms with Gasteiger partial charge in [0.15, 0.2) is 6.10 Å². The third kappa shape index (κ3) is 4.62. The van der Waals surface area contributed by atoms with Crippen molar-refractivity contribution in [3.05, 3.63) is 0 Å². The fourth-order valence-corrected chi connectivity index (χ4v) is 1.94. The molecular weight excluding hydrogens is 236 g/mol. The van der Waals surface area contributed by atoms with E-state index in [-0.39, 0.29) is 12.0 Å². The van der Waals surface area contributed by atoms with Crippen LogP contribution in [0.4, 0.5) is 0 Å². The molecule has 3 atom stereocenters. The third-order valence-electron chi connectivity index (χ3n) is 3.09. The van der Waals surface area contributed by atoms with E-state index in [4.69, 9.17) is 15.6 Å². The van der Waals surface area contributed by atoms with Crippen LogP contribution in [0.3, 0.4) is 0 Å². The summed E-state index contributed by atoms with van der Waals surface area (Å²) >= 11 is 0. The molecule has 0 bridgehead atoms. The topological polar surface area (TPSA) is 102 Å². The van der Waals surface area contributed by atoms with Gasteiger partial charge in [-0.25, -0.2) is 4.79 Å². The summed E-state index contributed by atoms with van der Waals surface area (Å²) in [5, 5.41) is 11.5. The van der Waals surface area contributed by atoms with Gasteiger partial charge in [-0.05, 0) is 19.3 Å². The Bertz CT molecular complexity index is 296. The number of unbranched alkanes of at least 4 members (excludes halogenated alkanes) is 1. The molecule has 1 aliphatic rings. The largest absolute Gasteiger partial charge is 0.479 e. The summed E-state index contributed by atoms with van der Waals surface area (Å²) in [7, 11) is 0. The van der Waals surface area contributed by atoms with Crippen LogP contribution in [0, 0.1) is 0 Å². The standard InChI is InChI=1S/C12H22N2O4/c1-2-3-4-9(13)11(15)14-7-8-5-6-10(18-8)12(16)17/h8-10H,2-7,13H2,1H3,(H,14,15)(H,16,17). The first-order chi connectivity index (χ1) is 8.54. The van der Waals surface area contributed by atoms with Crippen LogP contribution in [-0.2, 0) is 14.3 Å². The second kappa shape index (κ2) is 7.33. The Morgan fingerprint density at radius 1 is 1.50 bits per heavy atom. The minimum Gasteiger partial charge on any atom is -0.479 e. The summed E-state index contributed by atoms with van der Waals surface area (Å²) in [6, 6.07) is -0.485. The smallest absolute Gasteiger partial charge is 0.332 e. The zero-order valence-electron chi connectivity index (χ0n) is 10.7. The van der Waals surface area contributed by atoms with Gasteiger partial charge in [-0.1, -0.05) is 19.8 Å². The minimum atomic E-state index is -0.941. The van der Waals surface area contributed by atoms with Gasteiger partial charge in [-0.3, -0.25) is 4.79 Å². The number of hydrogen-bond donors (Lipinski definition) is 3. The lowest BCUT2D eigenvalue weighted by Gasteiger charge is -2.15. The first-order valence-electron chi connectivity index (χ1n) is 6.46. The zero-order chi connectivity index (χ0) is 13.5. The van der Waals surface area contributed by atoms with Crippen LogP contribution in [0.15, 0.2) is 0 Å². The van der Waals surface area contributed by atoms with Crippen molar-refractivity contribution < 1.29 is 19.4 Å². The highest BCUT2D eigenvalue weighted by atomic mass is 16.5. The van der Waals surface area contributed by atoms with Crippen LogP contribution < -0.4 is 11.1 Å². The van der Waals surface area contributed by atoms with E-state index < -0.39 is 18.1 Å². The first-order valence-corrected chi connectivity index (χ1v) is 6.46. The summed E-state index contributed by atoms with van der Waals surface area (Å²) in [4.78, 5) is 22.3. The average Bonchev–Trinajstić information content (AvgIpc) is 2.81. The number of rotatable bonds is 7. The summed E-state index contributed by atoms with van der Waals surface area (Å²) in [5.74, 6) is -1.13. The number of nitrogens with two attached hydrogens (primary N) is 1. The zero-order valence-corrected chi connectivity index (χ0v) is 10.7. The first kappa shape index (κ1) is 14.9. The highest BCUT2D eigenvalue weighted by Crippen LogP contribution is 2.19. The lowest BCUT2D eigenvalue weighted by Crippen LogP contribution is -2.43. The van der Waals surface area contributed by atoms with Gasteiger partial charge in [0.1, 0.15) is 0 Å². The lowest BCUT2D eigenvalue weighted by molar-refractivity contribution is -0.149. The third-order valence-corrected chi connectivity index (χ3v) is 3.09. The second-order valence-corrected chi connectivity index (χ2v) is 4.66. The molecule has 6 nitrogen and oxygen atoms in total. The molecule has 3 unspecified atom stereocenters. The van der Waals surface area contributed by atoms with Crippen molar-refractivity contribution >= 4 is 11.9 Å². The number of hydrogen-bond acceptors (Lipinski definition) is 4. The Labute approximate surface area is 107 Å². The van der Waals surface area contributed by atoms with Crippen LogP contribution in [0.1, 0.15) is 39.0 Å². The Balaban J connectivity index is 2.21. The molecule has 104 valence electrons. The Morgan fingerprint density at radius 3 is 2.78 bits per heavy atom. The van der Waals surface area contributed by atoms with Gasteiger partial charge in [-0.2, -0.15) is 0 Å². The molecule has 18 heavy (non-hydrogen) atoms. The number of aliphatic carboxylic acids is 1. The number of carbonyl (C=O) groups excluding carboxylic acids is 1. The molecule has 1 amide bonds. The number of carboxylic acids is 1. The lowest BCUT2D eigenvalue weighted by atomic mass is 10.1. The number of ether oxygens (including phenoxy) is 1. The molecule has 0 aliphatic carbocycles. The van der Waals surface area contributed by atoms with Crippen LogP contribution >= 0.6 is 0 Å². The van der Waals surface area contributed by atoms with Crippen LogP contribution in [0.5, 0.6) is 0 Å². The second-order valence-electron chi connectivity index (χ2n) is 4.66. The van der Waals surface area contributed by atoms with Gasteiger partial charge in [-0.15, -0.1) is 0 Å². The maximum absolute atomic E-state index is 11.6. The minimum absolute atomic E-state index is 0.189. The van der Waals surface area contributed by atoms with Gasteiger partial charge >= 0.3 is 5.97 Å². The number of carbonyl (C=O) groups is 2. The van der Waals surface area contributed by atoms with Crippen molar-refractivity contribution in [1.29, 1.82) is 0 Å². The maximum Gasteiger partial charge on any atom is 0.332 e. The molecule has 1 heterocycles. The predicted octanol–water partition coefficient (Wildman–Crippen LogP) is 0.252. The number of carboxylic acid groups (broad SMARTS) is 1. The van der Waals surface area contributed by atoms with Crippen molar-refractivity contribution in [1.82, 2.24) is 5.32 Å². The van der Waals surface area contributed by atoms with Gasteiger partial charge in [0, 0.05) is 6.54 Å². The van der Waals surface area contributed by atoms with E-state index in [1.165, 1.54) is 0 Å². The highest BCUT2D eigenvalue weighted by molar-refractivity contribution is 5.81. The fraction of sp³-hybridized carbons (Fsp3) is 0.833. The molecule has 0 aromatic rings. The van der Waals surface area contributed by atoms with Crippen molar-refractivity contribution in [3.8, 4) is 0 Å². The molecule has 0 aromatic heterocycles. The monoisotopic (exact) mass is 258 g/mol. The van der Waals surface area contributed by atoms with E-state index in [1.807, 2.05) is 6.92 Å². The SMILES string of the molecule is CCCCC(N)C(=O)NCC1CCC(C(=O)O)O1. The van der Waals surface area contributed by atoms with Crippen molar-refractivity contribution in [2.24, 2.45) is 5.73 Å². The molecule has 1 saturated heterocycles. The van der Waals surface area contributed by atoms with Gasteiger partial charge in [0.2, 0.25) is 5.91 Å². The molecule has 0 radical (unpaired) electrons. The molecule has 1 fully saturated rings. The molecule has 6 heteroatoms. The molecule has 0 aromatic carbocycles. The Morgan fingerprint density at radius 2 is 2.22 bits per heavy atom. The normalized spacial score (nSPS) is 24.8. The molecule has 1 rings (SSSR count). The number of nitrogens with one attached hydrogen (secondary N) is 1. The summed E-state index contributed by atoms with van der Waals surface area (Å²) in [6.45, 7) is 2.38. The van der Waals surface area contributed by atoms with Gasteiger partial charge < -0.3 is 20.9 Å². The molecule has 1 aliphatic heterocycles. The summed E-state index contributed by atoms with van der Waals surface area (Å²) in [6.07, 6.45) is 2.81. The van der Waals surface area contributed by atoms with E-state index in [2.05, 4.69) is 5.32 Å². The van der Waals surface area contributed by atoms with E-state index in [0.29, 0.717) is 25.8 Å². The predicted molar refractivity (Wildman–Crippen MR) is 66.0 cm³/mol. The van der Waals surface area contributed by atoms with E-state index >= 15 is 0 Å². The summed E-state index contributed by atoms with van der Waals surface area (Å²) < 4.78 is 5.28. The van der Waals surface area contributed by atoms with Crippen LogP contribution in [0.25, 0.3) is 0 Å². The van der Waals surface area contributed by atoms with E-state index in [1.54, 1.807) is 0 Å². The van der Waals surface area contributed by atoms with Gasteiger partial charge in [0.05, 0.1) is 12.1 Å². The molecule has 4 N–H and O–H groups in total. The van der Waals surface area contributed by atoms with Crippen molar-refractivity contribution in [2.75, 3.05) is 6.54 Å². The average molecular weight is 258 g/mol. The Hall–Kier alpha value is -1.14. The highest BCUT2D eigenvalue weighted by Gasteiger charge is 2.30. The van der Waals surface area contributed by atoms with Crippen molar-refractivity contribution in [3.63, 3.8) is 0 Å². The Kier molecular flexibility index (Phi) is 6.07. The molecular formula is C12H22N2O4. The van der Waals surface area contributed by atoms with Gasteiger partial charge in [0.25, 0.3) is 0 Å². The van der Waals surface area contributed by atoms with Crippen LogP contribution in [0.2, 0.25) is 0 Å². The fourth-order valence-electron chi connectivity index (χ4n) is 1.94. The maximum atomic E-state index is 11.6. The summed E-state index contributed by atoms with van der Waals surface area (Å²) in [5.41, 5.74) is 5.72. The molecule has 0 spiro atoms. The van der Waals surface area contributed by atoms with Crippen LogP contribution in [-0.4, -0.2) is 41.8 Å². The quantitative estimate of drug-likeness (QED) is 0.607.